The summed E-state index contributed by atoms with van der Waals surface area (Å²) in [5, 5.41) is 9.61. The molecule has 5 rings (SSSR count). The number of nitriles is 1. The fraction of sp³-hybridized carbons (Fsp3) is 0.654. The largest absolute Gasteiger partial charge is 0.376 e. The second-order valence-electron chi connectivity index (χ2n) is 10.5. The summed E-state index contributed by atoms with van der Waals surface area (Å²) in [6, 6.07) is 8.01. The van der Waals surface area contributed by atoms with Crippen LogP contribution < -0.4 is 5.73 Å². The standard InChI is InChI=1S/C26H34N4O3/c1-4-19-11-25(10-16(2)17(19)3)12-20-6-5-18(13-27)9-22(20)26(25)23(31)30(24(28)29-26)14-21-15-32-7-8-33-21/h5-6,9,16-17,19,21H,4,7-8,10-12,14-15H2,1-3H3,(H2,28,29)/t16-,17+,19+,21?,25+,26+/m0/s1. The zero-order chi connectivity index (χ0) is 23.4. The van der Waals surface area contributed by atoms with Crippen LogP contribution in [0.15, 0.2) is 23.2 Å². The van der Waals surface area contributed by atoms with E-state index in [0.717, 1.165) is 36.8 Å². The molecule has 7 nitrogen and oxygen atoms in total. The molecule has 2 spiro atoms. The highest BCUT2D eigenvalue weighted by molar-refractivity contribution is 6.08. The highest BCUT2D eigenvalue weighted by Crippen LogP contribution is 2.64. The smallest absolute Gasteiger partial charge is 0.262 e. The Balaban J connectivity index is 1.62. The number of aliphatic imine (C=N–C) groups is 1. The molecule has 2 aliphatic heterocycles. The third-order valence-electron chi connectivity index (χ3n) is 8.84. The number of carbonyl (C=O) groups is 1. The number of amides is 1. The number of hydrogen-bond donors (Lipinski definition) is 1. The minimum atomic E-state index is -1.07. The number of fused-ring (bicyclic) bond motifs is 3. The molecule has 4 aliphatic rings. The van der Waals surface area contributed by atoms with Gasteiger partial charge in [-0.25, -0.2) is 4.99 Å². The highest BCUT2D eigenvalue weighted by atomic mass is 16.6. The van der Waals surface area contributed by atoms with Crippen LogP contribution in [-0.2, 0) is 26.2 Å². The quantitative estimate of drug-likeness (QED) is 0.763. The molecule has 2 aliphatic carbocycles. The van der Waals surface area contributed by atoms with Crippen molar-refractivity contribution in [1.82, 2.24) is 4.90 Å². The predicted octanol–water partition coefficient (Wildman–Crippen LogP) is 2.96. The van der Waals surface area contributed by atoms with Gasteiger partial charge in [0.1, 0.15) is 0 Å². The van der Waals surface area contributed by atoms with Gasteiger partial charge in [-0.1, -0.05) is 33.3 Å². The molecule has 6 atom stereocenters. The van der Waals surface area contributed by atoms with Crippen LogP contribution in [0.2, 0.25) is 0 Å². The lowest BCUT2D eigenvalue weighted by Crippen LogP contribution is -2.55. The summed E-state index contributed by atoms with van der Waals surface area (Å²) >= 11 is 0. The molecule has 1 saturated carbocycles. The molecule has 2 N–H and O–H groups in total. The summed E-state index contributed by atoms with van der Waals surface area (Å²) < 4.78 is 11.4. The Morgan fingerprint density at radius 2 is 2.12 bits per heavy atom. The van der Waals surface area contributed by atoms with E-state index in [0.29, 0.717) is 49.7 Å². The lowest BCUT2D eigenvalue weighted by atomic mass is 9.54. The van der Waals surface area contributed by atoms with Crippen molar-refractivity contribution in [2.75, 3.05) is 26.4 Å². The topological polar surface area (TPSA) is 101 Å². The number of nitrogens with two attached hydrogens (primary N) is 1. The Labute approximate surface area is 195 Å². The van der Waals surface area contributed by atoms with Crippen LogP contribution in [0.3, 0.4) is 0 Å². The molecule has 2 heterocycles. The van der Waals surface area contributed by atoms with Gasteiger partial charge in [0, 0.05) is 5.41 Å². The number of hydrogen-bond acceptors (Lipinski definition) is 6. The van der Waals surface area contributed by atoms with E-state index in [1.807, 2.05) is 18.2 Å². The second-order valence-corrected chi connectivity index (χ2v) is 10.5. The maximum atomic E-state index is 14.4. The van der Waals surface area contributed by atoms with Crippen molar-refractivity contribution in [3.8, 4) is 6.07 Å². The van der Waals surface area contributed by atoms with Gasteiger partial charge < -0.3 is 15.2 Å². The maximum Gasteiger partial charge on any atom is 0.262 e. The lowest BCUT2D eigenvalue weighted by Gasteiger charge is -2.51. The van der Waals surface area contributed by atoms with Crippen LogP contribution in [0.5, 0.6) is 0 Å². The van der Waals surface area contributed by atoms with Gasteiger partial charge in [0.2, 0.25) is 0 Å². The first-order valence-corrected chi connectivity index (χ1v) is 12.3. The number of benzene rings is 1. The van der Waals surface area contributed by atoms with Crippen LogP contribution in [0.25, 0.3) is 0 Å². The van der Waals surface area contributed by atoms with Crippen molar-refractivity contribution >= 4 is 11.9 Å². The first-order chi connectivity index (χ1) is 15.8. The molecule has 0 radical (unpaired) electrons. The van der Waals surface area contributed by atoms with E-state index in [1.54, 1.807) is 4.90 Å². The van der Waals surface area contributed by atoms with Gasteiger partial charge in [0.25, 0.3) is 5.91 Å². The fourth-order valence-electron chi connectivity index (χ4n) is 7.03. The van der Waals surface area contributed by atoms with Gasteiger partial charge in [0.15, 0.2) is 11.5 Å². The highest BCUT2D eigenvalue weighted by Gasteiger charge is 2.68. The molecule has 1 amide bonds. The molecule has 2 fully saturated rings. The molecule has 1 unspecified atom stereocenters. The Kier molecular flexibility index (Phi) is 5.49. The third-order valence-corrected chi connectivity index (χ3v) is 8.84. The van der Waals surface area contributed by atoms with Gasteiger partial charge in [-0.15, -0.1) is 0 Å². The summed E-state index contributed by atoms with van der Waals surface area (Å²) in [5.74, 6) is 1.77. The molecule has 7 heteroatoms. The first-order valence-electron chi connectivity index (χ1n) is 12.3. The first kappa shape index (κ1) is 22.4. The number of nitrogens with zero attached hydrogens (tertiary/aromatic N) is 3. The minimum Gasteiger partial charge on any atom is -0.376 e. The molecular formula is C26H34N4O3. The van der Waals surface area contributed by atoms with Gasteiger partial charge >= 0.3 is 0 Å². The van der Waals surface area contributed by atoms with E-state index in [1.165, 1.54) is 0 Å². The summed E-state index contributed by atoms with van der Waals surface area (Å²) in [7, 11) is 0. The third kappa shape index (κ3) is 3.22. The number of rotatable bonds is 3. The molecule has 1 aromatic rings. The van der Waals surface area contributed by atoms with Crippen LogP contribution in [0.1, 0.15) is 56.7 Å². The Morgan fingerprint density at radius 1 is 1.30 bits per heavy atom. The molecule has 1 aromatic carbocycles. The van der Waals surface area contributed by atoms with E-state index in [9.17, 15) is 10.1 Å². The minimum absolute atomic E-state index is 0.0698. The molecule has 1 saturated heterocycles. The second kappa shape index (κ2) is 8.11. The number of ether oxygens (including phenoxy) is 2. The van der Waals surface area contributed by atoms with E-state index in [4.69, 9.17) is 20.2 Å². The molecule has 33 heavy (non-hydrogen) atoms. The Hall–Kier alpha value is -2.43. The predicted molar refractivity (Wildman–Crippen MR) is 124 cm³/mol. The zero-order valence-electron chi connectivity index (χ0n) is 19.8. The van der Waals surface area contributed by atoms with Crippen molar-refractivity contribution in [2.24, 2.45) is 33.9 Å². The monoisotopic (exact) mass is 450 g/mol. The summed E-state index contributed by atoms with van der Waals surface area (Å²) in [6.07, 6.45) is 3.50. The van der Waals surface area contributed by atoms with Crippen LogP contribution >= 0.6 is 0 Å². The molecule has 0 aromatic heterocycles. The lowest BCUT2D eigenvalue weighted by molar-refractivity contribution is -0.143. The Morgan fingerprint density at radius 3 is 2.82 bits per heavy atom. The van der Waals surface area contributed by atoms with Gasteiger partial charge in [-0.2, -0.15) is 5.26 Å². The average molecular weight is 451 g/mol. The molecule has 176 valence electrons. The summed E-state index contributed by atoms with van der Waals surface area (Å²) in [5.41, 5.74) is 7.62. The van der Waals surface area contributed by atoms with Gasteiger partial charge in [-0.3, -0.25) is 9.69 Å². The van der Waals surface area contributed by atoms with Crippen LogP contribution in [0, 0.1) is 34.5 Å². The van der Waals surface area contributed by atoms with Crippen LogP contribution in [-0.4, -0.2) is 49.2 Å². The van der Waals surface area contributed by atoms with E-state index in [-0.39, 0.29) is 23.4 Å². The average Bonchev–Trinajstić information content (AvgIpc) is 3.23. The normalized spacial score (nSPS) is 37.9. The van der Waals surface area contributed by atoms with Crippen molar-refractivity contribution in [3.63, 3.8) is 0 Å². The molecular weight excluding hydrogens is 416 g/mol. The van der Waals surface area contributed by atoms with E-state index < -0.39 is 5.54 Å². The van der Waals surface area contributed by atoms with E-state index in [2.05, 4.69) is 26.8 Å². The van der Waals surface area contributed by atoms with Crippen molar-refractivity contribution < 1.29 is 14.3 Å². The zero-order valence-corrected chi connectivity index (χ0v) is 19.8. The molecule has 0 bridgehead atoms. The van der Waals surface area contributed by atoms with Crippen molar-refractivity contribution in [2.45, 2.75) is 58.1 Å². The van der Waals surface area contributed by atoms with E-state index >= 15 is 0 Å². The summed E-state index contributed by atoms with van der Waals surface area (Å²) in [4.78, 5) is 21.0. The van der Waals surface area contributed by atoms with Crippen LogP contribution in [0.4, 0.5) is 0 Å². The van der Waals surface area contributed by atoms with Gasteiger partial charge in [-0.05, 0) is 60.3 Å². The fourth-order valence-corrected chi connectivity index (χ4v) is 7.03. The SMILES string of the molecule is CC[C@@H]1C[C@@]2(Cc3ccc(C#N)cc3[C@]23N=C(N)N(CC2COCCO2)C3=O)C[C@H](C)[C@H]1C. The Bertz CT molecular complexity index is 1030. The number of carbonyl (C=O) groups excluding carboxylic acids is 1. The van der Waals surface area contributed by atoms with Crippen molar-refractivity contribution in [3.05, 3.63) is 34.9 Å². The number of guanidine groups is 1. The summed E-state index contributed by atoms with van der Waals surface area (Å²) in [6.45, 7) is 8.76. The maximum absolute atomic E-state index is 14.4. The van der Waals surface area contributed by atoms with Gasteiger partial charge in [0.05, 0.1) is 44.1 Å². The van der Waals surface area contributed by atoms with Crippen molar-refractivity contribution in [1.29, 1.82) is 5.26 Å².